The van der Waals surface area contributed by atoms with Crippen molar-refractivity contribution in [1.29, 1.82) is 0 Å². The van der Waals surface area contributed by atoms with Crippen molar-refractivity contribution in [2.45, 2.75) is 25.2 Å². The van der Waals surface area contributed by atoms with Gasteiger partial charge in [-0.1, -0.05) is 12.1 Å². The van der Waals surface area contributed by atoms with Gasteiger partial charge in [-0.2, -0.15) is 5.10 Å². The quantitative estimate of drug-likeness (QED) is 0.538. The van der Waals surface area contributed by atoms with E-state index >= 15 is 0 Å². The number of amides is 2. The van der Waals surface area contributed by atoms with Crippen LogP contribution in [0.1, 0.15) is 30.0 Å². The molecule has 2 amide bonds. The van der Waals surface area contributed by atoms with E-state index in [1.165, 1.54) is 0 Å². The van der Waals surface area contributed by atoms with Gasteiger partial charge in [0.1, 0.15) is 19.0 Å². The molecule has 1 aromatic heterocycles. The number of carbonyl (C=O) groups is 3. The van der Waals surface area contributed by atoms with Gasteiger partial charge < -0.3 is 14.8 Å². The van der Waals surface area contributed by atoms with Crippen LogP contribution in [0.3, 0.4) is 0 Å². The first-order chi connectivity index (χ1) is 15.0. The van der Waals surface area contributed by atoms with Crippen LogP contribution < -0.4 is 10.6 Å². The number of nitrogens with zero attached hydrogens (tertiary/aromatic N) is 2. The molecule has 0 radical (unpaired) electrons. The molecular formula is C20H22Cl2N4O5. The highest BCUT2D eigenvalue weighted by molar-refractivity contribution is 6.18. The second-order valence-corrected chi connectivity index (χ2v) is 7.57. The Morgan fingerprint density at radius 1 is 1.03 bits per heavy atom. The number of hydrogen-bond donors (Lipinski definition) is 2. The summed E-state index contributed by atoms with van der Waals surface area (Å²) in [4.78, 5) is 36.3. The first-order valence-corrected chi connectivity index (χ1v) is 10.8. The van der Waals surface area contributed by atoms with Crippen LogP contribution in [0, 0.1) is 0 Å². The Bertz CT molecular complexity index is 928. The van der Waals surface area contributed by atoms with Gasteiger partial charge in [-0.3, -0.25) is 10.1 Å². The van der Waals surface area contributed by atoms with Gasteiger partial charge in [0.05, 0.1) is 23.9 Å². The molecule has 1 aromatic carbocycles. The predicted molar refractivity (Wildman–Crippen MR) is 116 cm³/mol. The van der Waals surface area contributed by atoms with E-state index < -0.39 is 12.2 Å². The number of nitrogens with one attached hydrogen (secondary N) is 2. The lowest BCUT2D eigenvalue weighted by Crippen LogP contribution is -2.22. The SMILES string of the molecule is O=C(Cc1ccc(NC(=O)OCCCl)cc1)Nc1cc(C2CC2)nn1C(=O)OCCCl. The molecule has 0 bridgehead atoms. The van der Waals surface area contributed by atoms with E-state index in [1.54, 1.807) is 30.3 Å². The first-order valence-electron chi connectivity index (χ1n) is 9.71. The molecule has 0 atom stereocenters. The Kier molecular flexibility index (Phi) is 8.13. The van der Waals surface area contributed by atoms with Gasteiger partial charge in [0.25, 0.3) is 0 Å². The maximum atomic E-state index is 12.5. The summed E-state index contributed by atoms with van der Waals surface area (Å²) < 4.78 is 10.9. The monoisotopic (exact) mass is 468 g/mol. The molecule has 1 fully saturated rings. The van der Waals surface area contributed by atoms with E-state index in [0.29, 0.717) is 11.6 Å². The summed E-state index contributed by atoms with van der Waals surface area (Å²) in [6, 6.07) is 8.42. The fourth-order valence-corrected chi connectivity index (χ4v) is 2.91. The van der Waals surface area contributed by atoms with Gasteiger partial charge in [0.15, 0.2) is 0 Å². The van der Waals surface area contributed by atoms with Gasteiger partial charge in [-0.05, 0) is 30.5 Å². The highest BCUT2D eigenvalue weighted by Gasteiger charge is 2.29. The van der Waals surface area contributed by atoms with Gasteiger partial charge in [0.2, 0.25) is 5.91 Å². The molecule has 1 aliphatic carbocycles. The average Bonchev–Trinajstić information content (AvgIpc) is 3.52. The molecule has 9 nitrogen and oxygen atoms in total. The van der Waals surface area contributed by atoms with Crippen molar-refractivity contribution in [1.82, 2.24) is 9.78 Å². The first kappa shape index (κ1) is 22.9. The molecule has 0 aliphatic heterocycles. The minimum Gasteiger partial charge on any atom is -0.448 e. The summed E-state index contributed by atoms with van der Waals surface area (Å²) >= 11 is 11.0. The Balaban J connectivity index is 1.60. The zero-order valence-corrected chi connectivity index (χ0v) is 18.1. The molecule has 1 heterocycles. The number of ether oxygens (including phenoxy) is 2. The maximum absolute atomic E-state index is 12.5. The summed E-state index contributed by atoms with van der Waals surface area (Å²) in [5.41, 5.74) is 1.99. The maximum Gasteiger partial charge on any atom is 0.436 e. The van der Waals surface area contributed by atoms with E-state index in [1.807, 2.05) is 0 Å². The third-order valence-electron chi connectivity index (χ3n) is 4.34. The van der Waals surface area contributed by atoms with E-state index in [9.17, 15) is 14.4 Å². The molecule has 0 spiro atoms. The number of rotatable bonds is 9. The van der Waals surface area contributed by atoms with Crippen molar-refractivity contribution < 1.29 is 23.9 Å². The molecule has 1 aliphatic rings. The second kappa shape index (κ2) is 11.0. The number of aromatic nitrogens is 2. The number of carbonyl (C=O) groups excluding carboxylic acids is 3. The summed E-state index contributed by atoms with van der Waals surface area (Å²) in [6.45, 7) is 0.163. The fraction of sp³-hybridized carbons (Fsp3) is 0.400. The minimum atomic E-state index is -0.695. The molecule has 1 saturated carbocycles. The van der Waals surface area contributed by atoms with Crippen molar-refractivity contribution in [2.24, 2.45) is 0 Å². The van der Waals surface area contributed by atoms with Gasteiger partial charge >= 0.3 is 12.2 Å². The van der Waals surface area contributed by atoms with E-state index in [2.05, 4.69) is 15.7 Å². The molecule has 166 valence electrons. The standard InChI is InChI=1S/C20H22Cl2N4O5/c21-7-9-30-19(28)23-15-5-1-13(2-6-15)11-18(27)24-17-12-16(14-3-4-14)25-26(17)20(29)31-10-8-22/h1-2,5-6,12,14H,3-4,7-11H2,(H,23,28)(H,24,27). The van der Waals surface area contributed by atoms with Crippen molar-refractivity contribution in [3.8, 4) is 0 Å². The summed E-state index contributed by atoms with van der Waals surface area (Å²) in [7, 11) is 0. The predicted octanol–water partition coefficient (Wildman–Crippen LogP) is 3.95. The Hall–Kier alpha value is -2.78. The van der Waals surface area contributed by atoms with Crippen molar-refractivity contribution >= 4 is 52.8 Å². The third kappa shape index (κ3) is 6.86. The fourth-order valence-electron chi connectivity index (χ4n) is 2.76. The highest BCUT2D eigenvalue weighted by Crippen LogP contribution is 2.40. The molecule has 2 N–H and O–H groups in total. The zero-order valence-electron chi connectivity index (χ0n) is 16.6. The highest BCUT2D eigenvalue weighted by atomic mass is 35.5. The molecule has 0 unspecified atom stereocenters. The van der Waals surface area contributed by atoms with Crippen molar-refractivity contribution in [3.63, 3.8) is 0 Å². The summed E-state index contributed by atoms with van der Waals surface area (Å²) in [5.74, 6) is 0.614. The average molecular weight is 469 g/mol. The van der Waals surface area contributed by atoms with Crippen LogP contribution in [-0.4, -0.2) is 52.8 Å². The van der Waals surface area contributed by atoms with E-state index in [4.69, 9.17) is 32.7 Å². The molecular weight excluding hydrogens is 447 g/mol. The smallest absolute Gasteiger partial charge is 0.436 e. The van der Waals surface area contributed by atoms with Gasteiger partial charge in [-0.15, -0.1) is 27.9 Å². The van der Waals surface area contributed by atoms with Crippen molar-refractivity contribution in [2.75, 3.05) is 35.6 Å². The molecule has 11 heteroatoms. The van der Waals surface area contributed by atoms with Crippen LogP contribution in [0.2, 0.25) is 0 Å². The minimum absolute atomic E-state index is 0.0478. The Morgan fingerprint density at radius 3 is 2.35 bits per heavy atom. The number of alkyl halides is 2. The summed E-state index contributed by atoms with van der Waals surface area (Å²) in [6.07, 6.45) is 0.769. The van der Waals surface area contributed by atoms with Gasteiger partial charge in [0, 0.05) is 17.7 Å². The van der Waals surface area contributed by atoms with Crippen LogP contribution in [0.15, 0.2) is 30.3 Å². The second-order valence-electron chi connectivity index (χ2n) is 6.82. The molecule has 3 rings (SSSR count). The Labute approximate surface area is 189 Å². The van der Waals surface area contributed by atoms with Crippen LogP contribution in [0.4, 0.5) is 21.1 Å². The van der Waals surface area contributed by atoms with Crippen molar-refractivity contribution in [3.05, 3.63) is 41.6 Å². The molecule has 0 saturated heterocycles. The number of anilines is 2. The van der Waals surface area contributed by atoms with E-state index in [0.717, 1.165) is 28.8 Å². The summed E-state index contributed by atoms with van der Waals surface area (Å²) in [5, 5.41) is 9.54. The van der Waals surface area contributed by atoms with Gasteiger partial charge in [-0.25, -0.2) is 9.59 Å². The lowest BCUT2D eigenvalue weighted by molar-refractivity contribution is -0.115. The third-order valence-corrected chi connectivity index (χ3v) is 4.65. The number of hydrogen-bond acceptors (Lipinski definition) is 6. The molecule has 31 heavy (non-hydrogen) atoms. The van der Waals surface area contributed by atoms with Crippen LogP contribution >= 0.6 is 23.2 Å². The lowest BCUT2D eigenvalue weighted by atomic mass is 10.1. The van der Waals surface area contributed by atoms with Crippen LogP contribution in [-0.2, 0) is 20.7 Å². The zero-order chi connectivity index (χ0) is 22.2. The number of benzene rings is 1. The van der Waals surface area contributed by atoms with Crippen LogP contribution in [0.5, 0.6) is 0 Å². The lowest BCUT2D eigenvalue weighted by Gasteiger charge is -2.09. The largest absolute Gasteiger partial charge is 0.448 e. The van der Waals surface area contributed by atoms with Crippen LogP contribution in [0.25, 0.3) is 0 Å². The molecule has 2 aromatic rings. The topological polar surface area (TPSA) is 112 Å². The van der Waals surface area contributed by atoms with E-state index in [-0.39, 0.29) is 43.1 Å². The number of halogens is 2. The Morgan fingerprint density at radius 2 is 1.71 bits per heavy atom. The normalized spacial score (nSPS) is 12.8.